The lowest BCUT2D eigenvalue weighted by Crippen LogP contribution is -2.14. The number of aromatic hydroxyl groups is 1. The summed E-state index contributed by atoms with van der Waals surface area (Å²) in [5, 5.41) is 10.4. The van der Waals surface area contributed by atoms with Crippen molar-refractivity contribution < 1.29 is 5.11 Å². The van der Waals surface area contributed by atoms with E-state index < -0.39 is 0 Å². The highest BCUT2D eigenvalue weighted by Gasteiger charge is 2.15. The molecule has 0 heterocycles. The number of hydrogen-bond acceptors (Lipinski definition) is 1. The fourth-order valence-corrected chi connectivity index (χ4v) is 2.37. The molecule has 0 radical (unpaired) electrons. The molecule has 2 heteroatoms. The van der Waals surface area contributed by atoms with Crippen LogP contribution in [0, 0.1) is 27.7 Å². The van der Waals surface area contributed by atoms with Crippen LogP contribution < -0.4 is 5.46 Å². The summed E-state index contributed by atoms with van der Waals surface area (Å²) in [4.78, 5) is 0. The molecule has 0 unspecified atom stereocenters. The smallest absolute Gasteiger partial charge is 0.140 e. The molecule has 2 aromatic carbocycles. The molecule has 1 nitrogen and oxygen atoms in total. The zero-order chi connectivity index (χ0) is 13.4. The van der Waals surface area contributed by atoms with Crippen LogP contribution in [0.15, 0.2) is 24.3 Å². The number of phenolic OH excluding ortho intramolecular Hbond substituents is 1. The van der Waals surface area contributed by atoms with Crippen molar-refractivity contribution in [3.63, 3.8) is 0 Å². The number of rotatable bonds is 1. The lowest BCUT2D eigenvalue weighted by atomic mass is 9.80. The summed E-state index contributed by atoms with van der Waals surface area (Å²) in [6.45, 7) is 8.25. The van der Waals surface area contributed by atoms with Gasteiger partial charge in [-0.25, -0.2) is 0 Å². The van der Waals surface area contributed by atoms with Crippen molar-refractivity contribution in [2.24, 2.45) is 0 Å². The van der Waals surface area contributed by atoms with Crippen LogP contribution in [-0.2, 0) is 0 Å². The Morgan fingerprint density at radius 3 is 1.94 bits per heavy atom. The molecule has 0 aliphatic heterocycles. The van der Waals surface area contributed by atoms with E-state index in [1.807, 2.05) is 6.92 Å². The highest BCUT2D eigenvalue weighted by atomic mass is 16.3. The standard InChI is InChI=1S/C16H19BO/c1-9-5-7-13(8-6-9)14-10(2)11(3)15(17)12(4)16(14)18/h5-8,18H,17H2,1-4H3. The molecule has 1 N–H and O–H groups in total. The van der Waals surface area contributed by atoms with Crippen LogP contribution in [0.2, 0.25) is 0 Å². The molecule has 2 aromatic rings. The van der Waals surface area contributed by atoms with Gasteiger partial charge in [0.15, 0.2) is 0 Å². The van der Waals surface area contributed by atoms with Crippen molar-refractivity contribution in [2.45, 2.75) is 27.7 Å². The van der Waals surface area contributed by atoms with Gasteiger partial charge in [0.05, 0.1) is 0 Å². The normalized spacial score (nSPS) is 10.7. The van der Waals surface area contributed by atoms with Gasteiger partial charge < -0.3 is 5.11 Å². The molecule has 0 aromatic heterocycles. The largest absolute Gasteiger partial charge is 0.507 e. The Bertz CT molecular complexity index is 568. The van der Waals surface area contributed by atoms with Gasteiger partial charge in [0, 0.05) is 5.56 Å². The minimum Gasteiger partial charge on any atom is -0.507 e. The van der Waals surface area contributed by atoms with Crippen molar-refractivity contribution in [1.29, 1.82) is 0 Å². The average Bonchev–Trinajstić information content (AvgIpc) is 2.36. The second-order valence-electron chi connectivity index (χ2n) is 5.09. The average molecular weight is 238 g/mol. The van der Waals surface area contributed by atoms with E-state index in [0.717, 1.165) is 16.7 Å². The van der Waals surface area contributed by atoms with Gasteiger partial charge in [0.1, 0.15) is 13.6 Å². The van der Waals surface area contributed by atoms with Crippen LogP contribution in [0.3, 0.4) is 0 Å². The third kappa shape index (κ3) is 1.92. The minimum atomic E-state index is 0.416. The van der Waals surface area contributed by atoms with Crippen molar-refractivity contribution >= 4 is 13.3 Å². The molecule has 0 fully saturated rings. The van der Waals surface area contributed by atoms with Crippen molar-refractivity contribution in [2.75, 3.05) is 0 Å². The molecule has 0 saturated heterocycles. The van der Waals surface area contributed by atoms with Crippen LogP contribution in [-0.4, -0.2) is 13.0 Å². The number of benzene rings is 2. The van der Waals surface area contributed by atoms with E-state index in [4.69, 9.17) is 0 Å². The Labute approximate surface area is 110 Å². The van der Waals surface area contributed by atoms with Crippen LogP contribution in [0.1, 0.15) is 22.3 Å². The van der Waals surface area contributed by atoms with Gasteiger partial charge >= 0.3 is 0 Å². The van der Waals surface area contributed by atoms with Crippen LogP contribution >= 0.6 is 0 Å². The summed E-state index contributed by atoms with van der Waals surface area (Å²) in [6, 6.07) is 8.31. The lowest BCUT2D eigenvalue weighted by Gasteiger charge is -2.17. The van der Waals surface area contributed by atoms with Gasteiger partial charge in [0.25, 0.3) is 0 Å². The quantitative estimate of drug-likeness (QED) is 0.757. The summed E-state index contributed by atoms with van der Waals surface area (Å²) in [5.41, 5.74) is 7.88. The Balaban J connectivity index is 2.75. The molecule has 0 amide bonds. The monoisotopic (exact) mass is 238 g/mol. The first-order valence-corrected chi connectivity index (χ1v) is 6.29. The van der Waals surface area contributed by atoms with E-state index in [-0.39, 0.29) is 0 Å². The number of phenols is 1. The summed E-state index contributed by atoms with van der Waals surface area (Å²) in [7, 11) is 2.07. The molecule has 0 spiro atoms. The van der Waals surface area contributed by atoms with E-state index >= 15 is 0 Å². The molecule has 0 atom stereocenters. The van der Waals surface area contributed by atoms with Gasteiger partial charge in [-0.1, -0.05) is 40.9 Å². The number of hydrogen-bond donors (Lipinski definition) is 1. The van der Waals surface area contributed by atoms with Crippen LogP contribution in [0.25, 0.3) is 11.1 Å². The fourth-order valence-electron chi connectivity index (χ4n) is 2.37. The Morgan fingerprint density at radius 2 is 1.39 bits per heavy atom. The van der Waals surface area contributed by atoms with Gasteiger partial charge in [-0.2, -0.15) is 0 Å². The Kier molecular flexibility index (Phi) is 3.21. The third-order valence-electron chi connectivity index (χ3n) is 3.99. The summed E-state index contributed by atoms with van der Waals surface area (Å²) in [5.74, 6) is 0.416. The SMILES string of the molecule is Bc1c(C)c(C)c(-c2ccc(C)cc2)c(O)c1C. The first-order chi connectivity index (χ1) is 8.43. The number of aryl methyl sites for hydroxylation is 1. The maximum Gasteiger partial charge on any atom is 0.140 e. The Hall–Kier alpha value is -1.70. The van der Waals surface area contributed by atoms with E-state index in [1.165, 1.54) is 22.2 Å². The molecule has 2 rings (SSSR count). The summed E-state index contributed by atoms with van der Waals surface area (Å²) >= 11 is 0. The lowest BCUT2D eigenvalue weighted by molar-refractivity contribution is 0.473. The fraction of sp³-hybridized carbons (Fsp3) is 0.250. The molecular weight excluding hydrogens is 219 g/mol. The van der Waals surface area contributed by atoms with Crippen molar-refractivity contribution in [3.05, 3.63) is 46.5 Å². The Morgan fingerprint density at radius 1 is 0.833 bits per heavy atom. The maximum atomic E-state index is 10.4. The first kappa shape index (κ1) is 12.8. The molecule has 0 bridgehead atoms. The maximum absolute atomic E-state index is 10.4. The van der Waals surface area contributed by atoms with Gasteiger partial charge in [-0.15, -0.1) is 0 Å². The zero-order valence-corrected chi connectivity index (χ0v) is 11.8. The molecule has 0 aliphatic carbocycles. The molecular formula is C16H19BO. The minimum absolute atomic E-state index is 0.416. The highest BCUT2D eigenvalue weighted by Crippen LogP contribution is 2.35. The highest BCUT2D eigenvalue weighted by molar-refractivity contribution is 6.35. The predicted molar refractivity (Wildman–Crippen MR) is 80.7 cm³/mol. The van der Waals surface area contributed by atoms with Crippen LogP contribution in [0.5, 0.6) is 5.75 Å². The zero-order valence-electron chi connectivity index (χ0n) is 11.8. The second-order valence-corrected chi connectivity index (χ2v) is 5.09. The molecule has 0 saturated carbocycles. The van der Waals surface area contributed by atoms with Gasteiger partial charge in [-0.05, 0) is 44.4 Å². The van der Waals surface area contributed by atoms with Gasteiger partial charge in [-0.3, -0.25) is 0 Å². The van der Waals surface area contributed by atoms with Crippen molar-refractivity contribution in [1.82, 2.24) is 0 Å². The third-order valence-corrected chi connectivity index (χ3v) is 3.99. The molecule has 0 aliphatic rings. The topological polar surface area (TPSA) is 20.2 Å². The van der Waals surface area contributed by atoms with E-state index in [2.05, 4.69) is 52.9 Å². The second kappa shape index (κ2) is 4.53. The van der Waals surface area contributed by atoms with E-state index in [9.17, 15) is 5.11 Å². The molecule has 18 heavy (non-hydrogen) atoms. The van der Waals surface area contributed by atoms with E-state index in [0.29, 0.717) is 5.75 Å². The molecule has 92 valence electrons. The van der Waals surface area contributed by atoms with Gasteiger partial charge in [0.2, 0.25) is 0 Å². The van der Waals surface area contributed by atoms with Crippen LogP contribution in [0.4, 0.5) is 0 Å². The van der Waals surface area contributed by atoms with E-state index in [1.54, 1.807) is 0 Å². The predicted octanol–water partition coefficient (Wildman–Crippen LogP) is 2.55. The summed E-state index contributed by atoms with van der Waals surface area (Å²) in [6.07, 6.45) is 0. The first-order valence-electron chi connectivity index (χ1n) is 6.29. The van der Waals surface area contributed by atoms with Crippen molar-refractivity contribution in [3.8, 4) is 16.9 Å². The summed E-state index contributed by atoms with van der Waals surface area (Å²) < 4.78 is 0.